The second kappa shape index (κ2) is 9.45. The maximum atomic E-state index is 13.2. The summed E-state index contributed by atoms with van der Waals surface area (Å²) >= 11 is 0. The van der Waals surface area contributed by atoms with Crippen molar-refractivity contribution in [3.63, 3.8) is 0 Å². The van der Waals surface area contributed by atoms with Crippen LogP contribution in [0.3, 0.4) is 0 Å². The first-order valence-corrected chi connectivity index (χ1v) is 10.1. The monoisotopic (exact) mass is 462 g/mol. The number of ether oxygens (including phenoxy) is 1. The summed E-state index contributed by atoms with van der Waals surface area (Å²) in [5, 5.41) is 15.9. The van der Waals surface area contributed by atoms with E-state index in [1.807, 2.05) is 25.1 Å². The number of halogens is 1. The van der Waals surface area contributed by atoms with Crippen LogP contribution in [0.1, 0.15) is 17.0 Å². The molecular weight excluding hydrogens is 443 g/mol. The molecule has 2 aromatic carbocycles. The van der Waals surface area contributed by atoms with E-state index in [1.165, 1.54) is 35.0 Å². The number of fused-ring (bicyclic) bond motifs is 1. The van der Waals surface area contributed by atoms with Gasteiger partial charge in [0.25, 0.3) is 5.91 Å². The van der Waals surface area contributed by atoms with Gasteiger partial charge in [0.2, 0.25) is 5.88 Å². The van der Waals surface area contributed by atoms with Gasteiger partial charge >= 0.3 is 5.82 Å². The van der Waals surface area contributed by atoms with Gasteiger partial charge in [-0.3, -0.25) is 4.79 Å². The van der Waals surface area contributed by atoms with Crippen molar-refractivity contribution < 1.29 is 18.8 Å². The van der Waals surface area contributed by atoms with Crippen LogP contribution in [0.4, 0.5) is 10.2 Å². The fourth-order valence-electron chi connectivity index (χ4n) is 3.23. The highest BCUT2D eigenvalue weighted by atomic mass is 19.1. The minimum absolute atomic E-state index is 0.210. The highest BCUT2D eigenvalue weighted by Gasteiger charge is 2.20. The topological polar surface area (TPSA) is 125 Å². The summed E-state index contributed by atoms with van der Waals surface area (Å²) in [6.07, 6.45) is 2.45. The normalized spacial score (nSPS) is 11.1. The van der Waals surface area contributed by atoms with Crippen molar-refractivity contribution in [3.05, 3.63) is 87.6 Å². The zero-order valence-corrected chi connectivity index (χ0v) is 18.2. The van der Waals surface area contributed by atoms with Gasteiger partial charge in [0, 0.05) is 12.3 Å². The Hall–Kier alpha value is -4.67. The maximum absolute atomic E-state index is 13.2. The van der Waals surface area contributed by atoms with Crippen molar-refractivity contribution >= 4 is 28.8 Å². The number of nitrogens with one attached hydrogen (secondary N) is 1. The molecule has 0 aliphatic rings. The molecule has 0 atom stereocenters. The van der Waals surface area contributed by atoms with Crippen molar-refractivity contribution in [2.24, 2.45) is 5.10 Å². The van der Waals surface area contributed by atoms with E-state index in [2.05, 4.69) is 20.5 Å². The second-order valence-corrected chi connectivity index (χ2v) is 7.43. The lowest BCUT2D eigenvalue weighted by Crippen LogP contribution is -2.24. The molecule has 0 spiro atoms. The molecule has 0 aliphatic carbocycles. The predicted octanol–water partition coefficient (Wildman–Crippen LogP) is 4.04. The third-order valence-corrected chi connectivity index (χ3v) is 4.91. The van der Waals surface area contributed by atoms with E-state index in [0.717, 1.165) is 17.1 Å². The number of nitrogens with zero attached hydrogens (tertiary/aromatic N) is 5. The molecule has 1 N–H and O–H groups in total. The number of hydrogen-bond donors (Lipinski definition) is 1. The second-order valence-electron chi connectivity index (χ2n) is 7.43. The Labute approximate surface area is 192 Å². The third kappa shape index (κ3) is 5.04. The Balaban J connectivity index is 1.58. The van der Waals surface area contributed by atoms with E-state index in [0.29, 0.717) is 22.7 Å². The molecule has 4 aromatic rings. The lowest BCUT2D eigenvalue weighted by Gasteiger charge is -2.10. The summed E-state index contributed by atoms with van der Waals surface area (Å²) in [4.78, 5) is 31.2. The number of hydrazone groups is 1. The van der Waals surface area contributed by atoms with Crippen LogP contribution >= 0.6 is 0 Å². The number of pyridine rings is 1. The number of aryl methyl sites for hydroxylation is 2. The van der Waals surface area contributed by atoms with E-state index >= 15 is 0 Å². The molecule has 1 amide bonds. The number of benzene rings is 2. The zero-order chi connectivity index (χ0) is 24.2. The number of aromatic nitrogens is 3. The average molecular weight is 462 g/mol. The van der Waals surface area contributed by atoms with Gasteiger partial charge in [-0.05, 0) is 54.3 Å². The molecule has 10 nitrogen and oxygen atoms in total. The minimum atomic E-state index is -0.613. The summed E-state index contributed by atoms with van der Waals surface area (Å²) < 4.78 is 20.3. The van der Waals surface area contributed by atoms with E-state index in [9.17, 15) is 19.3 Å². The summed E-state index contributed by atoms with van der Waals surface area (Å²) in [6.45, 7) is 3.19. The molecule has 2 aromatic heterocycles. The fourth-order valence-corrected chi connectivity index (χ4v) is 3.23. The number of rotatable bonds is 7. The lowest BCUT2D eigenvalue weighted by molar-refractivity contribution is -0.392. The van der Waals surface area contributed by atoms with Crippen LogP contribution in [0.2, 0.25) is 0 Å². The zero-order valence-electron chi connectivity index (χ0n) is 18.2. The standard InChI is InChI=1S/C23H19FN6O4/c1-14-3-8-20-16(9-14)10-17(23(27-20)34-19-6-4-18(24)5-7-19)11-26-28-21(31)13-29-15(2)25-12-22(29)30(32)33/h3-12H,13H2,1-2H3,(H,28,31)/b26-11+. The van der Waals surface area contributed by atoms with Crippen molar-refractivity contribution in [2.75, 3.05) is 0 Å². The summed E-state index contributed by atoms with van der Waals surface area (Å²) in [6, 6.07) is 13.0. The Morgan fingerprint density at radius 1 is 1.24 bits per heavy atom. The SMILES string of the molecule is Cc1ccc2nc(Oc3ccc(F)cc3)c(/C=N/NC(=O)Cn3c([N+](=O)[O-])cnc3C)cc2c1. The number of hydrogen-bond acceptors (Lipinski definition) is 7. The molecule has 4 rings (SSSR count). The first kappa shape index (κ1) is 22.5. The van der Waals surface area contributed by atoms with Gasteiger partial charge in [0.05, 0.1) is 17.3 Å². The van der Waals surface area contributed by atoms with Crippen LogP contribution in [-0.2, 0) is 11.3 Å². The van der Waals surface area contributed by atoms with Crippen molar-refractivity contribution in [1.82, 2.24) is 20.0 Å². The number of nitro groups is 1. The van der Waals surface area contributed by atoms with Gasteiger partial charge in [0.1, 0.15) is 17.8 Å². The smallest absolute Gasteiger partial charge is 0.343 e. The van der Waals surface area contributed by atoms with Crippen molar-refractivity contribution in [2.45, 2.75) is 20.4 Å². The van der Waals surface area contributed by atoms with Gasteiger partial charge in [-0.15, -0.1) is 0 Å². The van der Waals surface area contributed by atoms with Crippen LogP contribution < -0.4 is 10.2 Å². The highest BCUT2D eigenvalue weighted by Crippen LogP contribution is 2.27. The van der Waals surface area contributed by atoms with E-state index in [1.54, 1.807) is 13.0 Å². The first-order chi connectivity index (χ1) is 16.3. The van der Waals surface area contributed by atoms with Crippen molar-refractivity contribution in [1.29, 1.82) is 0 Å². The summed E-state index contributed by atoms with van der Waals surface area (Å²) in [5.74, 6) is -0.349. The van der Waals surface area contributed by atoms with Gasteiger partial charge in [-0.1, -0.05) is 11.6 Å². The number of imidazole rings is 1. The average Bonchev–Trinajstić information content (AvgIpc) is 3.16. The van der Waals surface area contributed by atoms with Gasteiger partial charge in [-0.25, -0.2) is 24.4 Å². The third-order valence-electron chi connectivity index (χ3n) is 4.91. The Morgan fingerprint density at radius 2 is 2.00 bits per heavy atom. The molecule has 0 fully saturated rings. The molecular formula is C23H19FN6O4. The molecule has 0 saturated heterocycles. The first-order valence-electron chi connectivity index (χ1n) is 10.1. The van der Waals surface area contributed by atoms with Crippen LogP contribution in [0, 0.1) is 29.8 Å². The largest absolute Gasteiger partial charge is 0.438 e. The highest BCUT2D eigenvalue weighted by molar-refractivity contribution is 5.91. The van der Waals surface area contributed by atoms with E-state index in [-0.39, 0.29) is 18.2 Å². The van der Waals surface area contributed by atoms with E-state index in [4.69, 9.17) is 4.74 Å². The van der Waals surface area contributed by atoms with Crippen LogP contribution in [-0.4, -0.2) is 31.6 Å². The Kier molecular flexibility index (Phi) is 6.26. The minimum Gasteiger partial charge on any atom is -0.438 e. The molecule has 0 saturated carbocycles. The van der Waals surface area contributed by atoms with Gasteiger partial charge in [0.15, 0.2) is 12.4 Å². The molecule has 0 unspecified atom stereocenters. The maximum Gasteiger partial charge on any atom is 0.343 e. The van der Waals surface area contributed by atoms with Crippen LogP contribution in [0.5, 0.6) is 11.6 Å². The number of carbonyl (C=O) groups excluding carboxylic acids is 1. The van der Waals surface area contributed by atoms with Crippen LogP contribution in [0.15, 0.2) is 59.8 Å². The molecule has 2 heterocycles. The Bertz CT molecular complexity index is 1420. The fraction of sp³-hybridized carbons (Fsp3) is 0.130. The van der Waals surface area contributed by atoms with Crippen LogP contribution in [0.25, 0.3) is 10.9 Å². The number of amides is 1. The predicted molar refractivity (Wildman–Crippen MR) is 122 cm³/mol. The molecule has 172 valence electrons. The van der Waals surface area contributed by atoms with Crippen molar-refractivity contribution in [3.8, 4) is 11.6 Å². The summed E-state index contributed by atoms with van der Waals surface area (Å²) in [7, 11) is 0. The van der Waals surface area contributed by atoms with Gasteiger partial charge < -0.3 is 14.9 Å². The Morgan fingerprint density at radius 3 is 2.74 bits per heavy atom. The molecule has 11 heteroatoms. The van der Waals surface area contributed by atoms with E-state index < -0.39 is 16.6 Å². The molecule has 0 bridgehead atoms. The lowest BCUT2D eigenvalue weighted by atomic mass is 10.1. The molecule has 34 heavy (non-hydrogen) atoms. The quantitative estimate of drug-likeness (QED) is 0.251. The summed E-state index contributed by atoms with van der Waals surface area (Å²) in [5.41, 5.74) is 4.54. The number of carbonyl (C=O) groups is 1. The molecule has 0 aliphatic heterocycles. The van der Waals surface area contributed by atoms with Gasteiger partial charge in [-0.2, -0.15) is 5.10 Å². The molecule has 0 radical (unpaired) electrons.